The van der Waals surface area contributed by atoms with E-state index in [1.165, 1.54) is 4.90 Å². The van der Waals surface area contributed by atoms with E-state index >= 15 is 0 Å². The Morgan fingerprint density at radius 3 is 2.77 bits per heavy atom. The molecule has 0 aromatic heterocycles. The lowest BCUT2D eigenvalue weighted by Crippen LogP contribution is -2.50. The van der Waals surface area contributed by atoms with Crippen LogP contribution in [0.1, 0.15) is 17.2 Å². The van der Waals surface area contributed by atoms with Gasteiger partial charge in [-0.2, -0.15) is 0 Å². The Morgan fingerprint density at radius 2 is 2.03 bits per heavy atom. The Bertz CT molecular complexity index is 1070. The second-order valence-electron chi connectivity index (χ2n) is 7.08. The SMILES string of the molecule is COc1cccc(CNC(=O)CN2C(=O)N[C@@H](c3ccc(Cl)cc3)C3=C2COC3=O)c1. The summed E-state index contributed by atoms with van der Waals surface area (Å²) in [6.45, 7) is -0.0202. The molecule has 2 heterocycles. The molecule has 2 aromatic carbocycles. The minimum atomic E-state index is -0.661. The smallest absolute Gasteiger partial charge is 0.338 e. The lowest BCUT2D eigenvalue weighted by atomic mass is 9.96. The normalized spacial score (nSPS) is 17.7. The van der Waals surface area contributed by atoms with Gasteiger partial charge in [-0.05, 0) is 35.4 Å². The summed E-state index contributed by atoms with van der Waals surface area (Å²) in [7, 11) is 1.57. The summed E-state index contributed by atoms with van der Waals surface area (Å²) in [5, 5.41) is 6.11. The zero-order chi connectivity index (χ0) is 22.0. The number of ether oxygens (including phenoxy) is 2. The molecule has 2 N–H and O–H groups in total. The molecule has 31 heavy (non-hydrogen) atoms. The van der Waals surface area contributed by atoms with Crippen LogP contribution in [0.15, 0.2) is 59.8 Å². The van der Waals surface area contributed by atoms with Gasteiger partial charge < -0.3 is 20.1 Å². The van der Waals surface area contributed by atoms with Crippen LogP contribution >= 0.6 is 11.6 Å². The van der Waals surface area contributed by atoms with E-state index in [0.29, 0.717) is 27.6 Å². The number of cyclic esters (lactones) is 1. The first-order valence-corrected chi connectivity index (χ1v) is 9.97. The number of nitrogens with one attached hydrogen (secondary N) is 2. The van der Waals surface area contributed by atoms with Crippen LogP contribution in [0.2, 0.25) is 5.02 Å². The summed E-state index contributed by atoms with van der Waals surface area (Å²) in [5.41, 5.74) is 2.27. The van der Waals surface area contributed by atoms with Gasteiger partial charge >= 0.3 is 12.0 Å². The molecule has 0 radical (unpaired) electrons. The monoisotopic (exact) mass is 441 g/mol. The van der Waals surface area contributed by atoms with Gasteiger partial charge in [0.1, 0.15) is 18.9 Å². The summed E-state index contributed by atoms with van der Waals surface area (Å²) in [5.74, 6) is -0.197. The number of benzene rings is 2. The van der Waals surface area contributed by atoms with E-state index in [9.17, 15) is 14.4 Å². The van der Waals surface area contributed by atoms with E-state index in [0.717, 1.165) is 5.56 Å². The summed E-state index contributed by atoms with van der Waals surface area (Å²) >= 11 is 5.94. The zero-order valence-electron chi connectivity index (χ0n) is 16.7. The van der Waals surface area contributed by atoms with Gasteiger partial charge in [0.2, 0.25) is 5.91 Å². The van der Waals surface area contributed by atoms with Gasteiger partial charge in [0, 0.05) is 11.6 Å². The van der Waals surface area contributed by atoms with Gasteiger partial charge in [0.15, 0.2) is 0 Å². The number of carbonyl (C=O) groups is 3. The lowest BCUT2D eigenvalue weighted by Gasteiger charge is -2.32. The van der Waals surface area contributed by atoms with Crippen LogP contribution in [0, 0.1) is 0 Å². The number of rotatable bonds is 6. The van der Waals surface area contributed by atoms with E-state index in [1.807, 2.05) is 24.3 Å². The third-order valence-electron chi connectivity index (χ3n) is 5.13. The maximum absolute atomic E-state index is 12.8. The molecular weight excluding hydrogens is 422 g/mol. The Balaban J connectivity index is 1.50. The van der Waals surface area contributed by atoms with Crippen molar-refractivity contribution in [2.24, 2.45) is 0 Å². The second-order valence-corrected chi connectivity index (χ2v) is 7.52. The second kappa shape index (κ2) is 8.69. The van der Waals surface area contributed by atoms with Crippen molar-refractivity contribution in [3.63, 3.8) is 0 Å². The molecular formula is C22H20ClN3O5. The van der Waals surface area contributed by atoms with Crippen molar-refractivity contribution in [3.8, 4) is 5.75 Å². The van der Waals surface area contributed by atoms with Crippen molar-refractivity contribution in [1.29, 1.82) is 0 Å². The number of nitrogens with zero attached hydrogens (tertiary/aromatic N) is 1. The van der Waals surface area contributed by atoms with Crippen LogP contribution in [-0.2, 0) is 20.9 Å². The highest BCUT2D eigenvalue weighted by Gasteiger charge is 2.42. The summed E-state index contributed by atoms with van der Waals surface area (Å²) in [6, 6.07) is 13.0. The minimum absolute atomic E-state index is 0.0607. The number of hydrogen-bond acceptors (Lipinski definition) is 5. The maximum atomic E-state index is 12.8. The highest BCUT2D eigenvalue weighted by molar-refractivity contribution is 6.30. The molecule has 9 heteroatoms. The first-order valence-electron chi connectivity index (χ1n) is 9.59. The van der Waals surface area contributed by atoms with Crippen molar-refractivity contribution >= 4 is 29.5 Å². The molecule has 2 aliphatic heterocycles. The van der Waals surface area contributed by atoms with Crippen molar-refractivity contribution in [3.05, 3.63) is 76.0 Å². The quantitative estimate of drug-likeness (QED) is 0.671. The Hall–Kier alpha value is -3.52. The van der Waals surface area contributed by atoms with Gasteiger partial charge in [-0.3, -0.25) is 9.69 Å². The van der Waals surface area contributed by atoms with E-state index in [4.69, 9.17) is 21.1 Å². The first kappa shape index (κ1) is 20.7. The van der Waals surface area contributed by atoms with Crippen molar-refractivity contribution < 1.29 is 23.9 Å². The van der Waals surface area contributed by atoms with Crippen LogP contribution in [0.3, 0.4) is 0 Å². The molecule has 2 aromatic rings. The van der Waals surface area contributed by atoms with Crippen molar-refractivity contribution in [1.82, 2.24) is 15.5 Å². The molecule has 0 bridgehead atoms. The van der Waals surface area contributed by atoms with Gasteiger partial charge in [0.05, 0.1) is 24.4 Å². The average Bonchev–Trinajstić information content (AvgIpc) is 3.16. The van der Waals surface area contributed by atoms with Gasteiger partial charge in [-0.25, -0.2) is 9.59 Å². The Labute approximate surface area is 183 Å². The van der Waals surface area contributed by atoms with Crippen LogP contribution in [0.25, 0.3) is 0 Å². The summed E-state index contributed by atoms with van der Waals surface area (Å²) in [4.78, 5) is 38.9. The molecule has 0 fully saturated rings. The number of esters is 1. The Kier molecular flexibility index (Phi) is 5.81. The average molecular weight is 442 g/mol. The molecule has 3 amide bonds. The van der Waals surface area contributed by atoms with Gasteiger partial charge in [-0.1, -0.05) is 35.9 Å². The highest BCUT2D eigenvalue weighted by Crippen LogP contribution is 2.35. The molecule has 0 saturated carbocycles. The predicted molar refractivity (Wildman–Crippen MR) is 112 cm³/mol. The molecule has 0 aliphatic carbocycles. The molecule has 8 nitrogen and oxygen atoms in total. The fraction of sp³-hybridized carbons (Fsp3) is 0.227. The number of carbonyl (C=O) groups excluding carboxylic acids is 3. The van der Waals surface area contributed by atoms with Crippen LogP contribution in [0.4, 0.5) is 4.79 Å². The third kappa shape index (κ3) is 4.34. The summed E-state index contributed by atoms with van der Waals surface area (Å²) < 4.78 is 10.3. The molecule has 1 atom stereocenters. The molecule has 160 valence electrons. The maximum Gasteiger partial charge on any atom is 0.338 e. The van der Waals surface area contributed by atoms with Crippen LogP contribution < -0.4 is 15.4 Å². The predicted octanol–water partition coefficient (Wildman–Crippen LogP) is 2.54. The fourth-order valence-electron chi connectivity index (χ4n) is 3.57. The Morgan fingerprint density at radius 1 is 1.26 bits per heavy atom. The van der Waals surface area contributed by atoms with E-state index in [-0.39, 0.29) is 25.6 Å². The van der Waals surface area contributed by atoms with Crippen molar-refractivity contribution in [2.45, 2.75) is 12.6 Å². The molecule has 0 unspecified atom stereocenters. The number of halogens is 1. The first-order chi connectivity index (χ1) is 15.0. The number of hydrogen-bond donors (Lipinski definition) is 2. The van der Waals surface area contributed by atoms with E-state index < -0.39 is 18.0 Å². The largest absolute Gasteiger partial charge is 0.497 e. The molecule has 0 saturated heterocycles. The van der Waals surface area contributed by atoms with E-state index in [2.05, 4.69) is 10.6 Å². The minimum Gasteiger partial charge on any atom is -0.497 e. The van der Waals surface area contributed by atoms with Gasteiger partial charge in [-0.15, -0.1) is 0 Å². The number of urea groups is 1. The molecule has 4 rings (SSSR count). The fourth-order valence-corrected chi connectivity index (χ4v) is 3.69. The molecule has 2 aliphatic rings. The number of methoxy groups -OCH3 is 1. The summed E-state index contributed by atoms with van der Waals surface area (Å²) in [6.07, 6.45) is 0. The lowest BCUT2D eigenvalue weighted by molar-refractivity contribution is -0.136. The highest BCUT2D eigenvalue weighted by atomic mass is 35.5. The zero-order valence-corrected chi connectivity index (χ0v) is 17.4. The third-order valence-corrected chi connectivity index (χ3v) is 5.38. The number of amides is 3. The topological polar surface area (TPSA) is 97.0 Å². The van der Waals surface area contributed by atoms with Crippen LogP contribution in [-0.4, -0.2) is 43.1 Å². The molecule has 0 spiro atoms. The van der Waals surface area contributed by atoms with E-state index in [1.54, 1.807) is 31.4 Å². The standard InChI is InChI=1S/C22H20ClN3O5/c1-30-16-4-2-3-13(9-16)10-24-18(27)11-26-17-12-31-21(28)19(17)20(25-22(26)29)14-5-7-15(23)8-6-14/h2-9,20H,10-12H2,1H3,(H,24,27)(H,25,29)/t20-/m0/s1. The van der Waals surface area contributed by atoms with Gasteiger partial charge in [0.25, 0.3) is 0 Å². The van der Waals surface area contributed by atoms with Crippen molar-refractivity contribution in [2.75, 3.05) is 20.3 Å². The van der Waals surface area contributed by atoms with Crippen LogP contribution in [0.5, 0.6) is 5.75 Å².